The van der Waals surface area contributed by atoms with Gasteiger partial charge in [-0.15, -0.1) is 0 Å². The van der Waals surface area contributed by atoms with Crippen LogP contribution >= 0.6 is 0 Å². The van der Waals surface area contributed by atoms with Crippen LogP contribution in [0.25, 0.3) is 11.1 Å². The van der Waals surface area contributed by atoms with Gasteiger partial charge in [-0.3, -0.25) is 4.79 Å². The Morgan fingerprint density at radius 3 is 2.28 bits per heavy atom. The van der Waals surface area contributed by atoms with Gasteiger partial charge in [0, 0.05) is 5.56 Å². The smallest absolute Gasteiger partial charge is 0.160 e. The van der Waals surface area contributed by atoms with Gasteiger partial charge in [0.1, 0.15) is 5.75 Å². The van der Waals surface area contributed by atoms with Crippen molar-refractivity contribution in [2.45, 2.75) is 13.8 Å². The minimum Gasteiger partial charge on any atom is -0.497 e. The molecular weight excluding hydrogens is 224 g/mol. The number of aryl methyl sites for hydroxylation is 1. The zero-order valence-electron chi connectivity index (χ0n) is 10.9. The predicted molar refractivity (Wildman–Crippen MR) is 73.2 cm³/mol. The highest BCUT2D eigenvalue weighted by atomic mass is 16.5. The molecule has 0 aliphatic carbocycles. The van der Waals surface area contributed by atoms with Crippen LogP contribution in [-0.2, 0) is 0 Å². The lowest BCUT2D eigenvalue weighted by atomic mass is 9.96. The lowest BCUT2D eigenvalue weighted by Crippen LogP contribution is -1.97. The molecule has 0 radical (unpaired) electrons. The van der Waals surface area contributed by atoms with Gasteiger partial charge >= 0.3 is 0 Å². The van der Waals surface area contributed by atoms with Crippen LogP contribution in [0.1, 0.15) is 22.8 Å². The molecule has 2 rings (SSSR count). The van der Waals surface area contributed by atoms with Gasteiger partial charge in [0.05, 0.1) is 7.11 Å². The fourth-order valence-electron chi connectivity index (χ4n) is 1.93. The van der Waals surface area contributed by atoms with E-state index in [2.05, 4.69) is 0 Å². The Kier molecular flexibility index (Phi) is 3.47. The maximum Gasteiger partial charge on any atom is 0.160 e. The molecule has 0 spiro atoms. The van der Waals surface area contributed by atoms with Gasteiger partial charge < -0.3 is 4.74 Å². The molecule has 2 nitrogen and oxygen atoms in total. The van der Waals surface area contributed by atoms with Crippen LogP contribution in [0, 0.1) is 6.92 Å². The topological polar surface area (TPSA) is 26.3 Å². The molecule has 0 aliphatic heterocycles. The third-order valence-corrected chi connectivity index (χ3v) is 2.97. The average molecular weight is 240 g/mol. The second-order valence-electron chi connectivity index (χ2n) is 4.33. The lowest BCUT2D eigenvalue weighted by Gasteiger charge is -2.09. The number of benzene rings is 2. The Bertz CT molecular complexity index is 568. The molecule has 2 heteroatoms. The Morgan fingerprint density at radius 2 is 1.72 bits per heavy atom. The molecular formula is C16H16O2. The standard InChI is InChI=1S/C16H16O2/c1-11-4-6-13(7-5-11)15-9-8-14(18-3)10-16(15)12(2)17/h4-10H,1-3H3. The summed E-state index contributed by atoms with van der Waals surface area (Å²) in [5.41, 5.74) is 3.89. The molecule has 0 saturated heterocycles. The van der Waals surface area contributed by atoms with E-state index >= 15 is 0 Å². The molecule has 0 heterocycles. The van der Waals surface area contributed by atoms with Gasteiger partial charge in [-0.25, -0.2) is 0 Å². The van der Waals surface area contributed by atoms with E-state index in [0.29, 0.717) is 11.3 Å². The van der Waals surface area contributed by atoms with E-state index in [9.17, 15) is 4.79 Å². The Hall–Kier alpha value is -2.09. The number of methoxy groups -OCH3 is 1. The van der Waals surface area contributed by atoms with Gasteiger partial charge in [-0.2, -0.15) is 0 Å². The number of hydrogen-bond donors (Lipinski definition) is 0. The number of ketones is 1. The SMILES string of the molecule is COc1ccc(-c2ccc(C)cc2)c(C(C)=O)c1. The molecule has 92 valence electrons. The van der Waals surface area contributed by atoms with Crippen LogP contribution in [-0.4, -0.2) is 12.9 Å². The number of ether oxygens (including phenoxy) is 1. The molecule has 2 aromatic rings. The highest BCUT2D eigenvalue weighted by Gasteiger charge is 2.10. The summed E-state index contributed by atoms with van der Waals surface area (Å²) in [6.07, 6.45) is 0. The second-order valence-corrected chi connectivity index (χ2v) is 4.33. The fourth-order valence-corrected chi connectivity index (χ4v) is 1.93. The summed E-state index contributed by atoms with van der Waals surface area (Å²) < 4.78 is 5.16. The largest absolute Gasteiger partial charge is 0.497 e. The van der Waals surface area contributed by atoms with Crippen molar-refractivity contribution < 1.29 is 9.53 Å². The highest BCUT2D eigenvalue weighted by molar-refractivity contribution is 6.01. The van der Waals surface area contributed by atoms with Crippen LogP contribution in [0.5, 0.6) is 5.75 Å². The van der Waals surface area contributed by atoms with Crippen LogP contribution in [0.15, 0.2) is 42.5 Å². The molecule has 0 aliphatic rings. The molecule has 18 heavy (non-hydrogen) atoms. The quantitative estimate of drug-likeness (QED) is 0.761. The van der Waals surface area contributed by atoms with E-state index in [1.165, 1.54) is 5.56 Å². The second kappa shape index (κ2) is 5.05. The van der Waals surface area contributed by atoms with Crippen molar-refractivity contribution in [3.05, 3.63) is 53.6 Å². The zero-order valence-corrected chi connectivity index (χ0v) is 10.9. The molecule has 0 amide bonds. The van der Waals surface area contributed by atoms with Crippen LogP contribution in [0.3, 0.4) is 0 Å². The molecule has 0 bridgehead atoms. The Labute approximate surface area is 107 Å². The Morgan fingerprint density at radius 1 is 1.06 bits per heavy atom. The van der Waals surface area contributed by atoms with E-state index in [0.717, 1.165) is 11.1 Å². The summed E-state index contributed by atoms with van der Waals surface area (Å²) in [6.45, 7) is 3.62. The number of carbonyl (C=O) groups is 1. The molecule has 0 atom stereocenters. The average Bonchev–Trinajstić information content (AvgIpc) is 2.39. The van der Waals surface area contributed by atoms with Gasteiger partial charge in [0.25, 0.3) is 0 Å². The monoisotopic (exact) mass is 240 g/mol. The summed E-state index contributed by atoms with van der Waals surface area (Å²) in [5, 5.41) is 0. The summed E-state index contributed by atoms with van der Waals surface area (Å²) >= 11 is 0. The van der Waals surface area contributed by atoms with E-state index in [4.69, 9.17) is 4.74 Å². The van der Waals surface area contributed by atoms with E-state index < -0.39 is 0 Å². The van der Waals surface area contributed by atoms with Gasteiger partial charge in [0.2, 0.25) is 0 Å². The highest BCUT2D eigenvalue weighted by Crippen LogP contribution is 2.28. The molecule has 0 unspecified atom stereocenters. The van der Waals surface area contributed by atoms with Crippen LogP contribution in [0.2, 0.25) is 0 Å². The minimum atomic E-state index is 0.0458. The van der Waals surface area contributed by atoms with Crippen molar-refractivity contribution in [2.75, 3.05) is 7.11 Å². The zero-order chi connectivity index (χ0) is 13.1. The van der Waals surface area contributed by atoms with E-state index in [-0.39, 0.29) is 5.78 Å². The van der Waals surface area contributed by atoms with Crippen molar-refractivity contribution >= 4 is 5.78 Å². The van der Waals surface area contributed by atoms with Gasteiger partial charge in [0.15, 0.2) is 5.78 Å². The predicted octanol–water partition coefficient (Wildman–Crippen LogP) is 3.87. The summed E-state index contributed by atoms with van der Waals surface area (Å²) in [5.74, 6) is 0.750. The first-order valence-corrected chi connectivity index (χ1v) is 5.88. The van der Waals surface area contributed by atoms with Crippen molar-refractivity contribution in [2.24, 2.45) is 0 Å². The number of hydrogen-bond acceptors (Lipinski definition) is 2. The maximum absolute atomic E-state index is 11.7. The molecule has 0 aromatic heterocycles. The molecule has 0 N–H and O–H groups in total. The lowest BCUT2D eigenvalue weighted by molar-refractivity contribution is 0.101. The molecule has 0 saturated carbocycles. The Balaban J connectivity index is 2.56. The van der Waals surface area contributed by atoms with Gasteiger partial charge in [-0.1, -0.05) is 29.8 Å². The fraction of sp³-hybridized carbons (Fsp3) is 0.188. The first-order valence-electron chi connectivity index (χ1n) is 5.88. The van der Waals surface area contributed by atoms with Crippen molar-refractivity contribution in [1.82, 2.24) is 0 Å². The summed E-state index contributed by atoms with van der Waals surface area (Å²) in [7, 11) is 1.60. The molecule has 2 aromatic carbocycles. The van der Waals surface area contributed by atoms with Crippen molar-refractivity contribution in [1.29, 1.82) is 0 Å². The third kappa shape index (κ3) is 2.43. The van der Waals surface area contributed by atoms with Crippen LogP contribution in [0.4, 0.5) is 0 Å². The number of carbonyl (C=O) groups excluding carboxylic acids is 1. The minimum absolute atomic E-state index is 0.0458. The van der Waals surface area contributed by atoms with Crippen LogP contribution < -0.4 is 4.74 Å². The number of rotatable bonds is 3. The van der Waals surface area contributed by atoms with E-state index in [1.54, 1.807) is 20.1 Å². The maximum atomic E-state index is 11.7. The van der Waals surface area contributed by atoms with E-state index in [1.807, 2.05) is 43.3 Å². The number of Topliss-reactive ketones (excluding diaryl/α,β-unsaturated/α-hetero) is 1. The van der Waals surface area contributed by atoms with Crippen molar-refractivity contribution in [3.8, 4) is 16.9 Å². The summed E-state index contributed by atoms with van der Waals surface area (Å²) in [4.78, 5) is 11.7. The third-order valence-electron chi connectivity index (χ3n) is 2.97. The first-order chi connectivity index (χ1) is 8.61. The van der Waals surface area contributed by atoms with Gasteiger partial charge in [-0.05, 0) is 43.2 Å². The van der Waals surface area contributed by atoms with Crippen molar-refractivity contribution in [3.63, 3.8) is 0 Å². The molecule has 0 fully saturated rings. The normalized spacial score (nSPS) is 10.2. The summed E-state index contributed by atoms with van der Waals surface area (Å²) in [6, 6.07) is 13.7. The first kappa shape index (κ1) is 12.4.